The monoisotopic (exact) mass is 474 g/mol. The van der Waals surface area contributed by atoms with Crippen molar-refractivity contribution >= 4 is 40.7 Å². The summed E-state index contributed by atoms with van der Waals surface area (Å²) in [7, 11) is 0. The highest BCUT2D eigenvalue weighted by Gasteiger charge is 2.34. The lowest BCUT2D eigenvalue weighted by molar-refractivity contribution is -0.139. The molecule has 3 N–H and O–H groups in total. The third kappa shape index (κ3) is 5.46. The number of carbonyl (C=O) groups is 2. The van der Waals surface area contributed by atoms with Gasteiger partial charge in [-0.2, -0.15) is 0 Å². The van der Waals surface area contributed by atoms with Crippen molar-refractivity contribution in [2.45, 2.75) is 26.8 Å². The molecule has 2 aromatic rings. The summed E-state index contributed by atoms with van der Waals surface area (Å²) in [4.78, 5) is 26.9. The molecule has 1 aliphatic heterocycles. The number of esters is 1. The number of anilines is 2. The maximum Gasteiger partial charge on any atom is 0.338 e. The lowest BCUT2D eigenvalue weighted by Gasteiger charge is -2.37. The van der Waals surface area contributed by atoms with E-state index in [9.17, 15) is 18.4 Å². The lowest BCUT2D eigenvalue weighted by Crippen LogP contribution is -2.47. The zero-order valence-electron chi connectivity index (χ0n) is 18.4. The summed E-state index contributed by atoms with van der Waals surface area (Å²) >= 11 is 5.47. The number of carbonyl (C=O) groups excluding carboxylic acids is 2. The molecule has 0 spiro atoms. The molecule has 7 nitrogen and oxygen atoms in total. The van der Waals surface area contributed by atoms with E-state index < -0.39 is 29.7 Å². The number of thiocarbonyl (C=S) groups is 1. The molecule has 1 unspecified atom stereocenters. The number of halogens is 2. The number of urea groups is 1. The molecule has 0 aliphatic carbocycles. The van der Waals surface area contributed by atoms with Crippen LogP contribution in [0.1, 0.15) is 32.4 Å². The zero-order valence-corrected chi connectivity index (χ0v) is 19.2. The largest absolute Gasteiger partial charge is 0.463 e. The van der Waals surface area contributed by atoms with Gasteiger partial charge in [0.1, 0.15) is 0 Å². The first-order valence-corrected chi connectivity index (χ1v) is 10.7. The van der Waals surface area contributed by atoms with Gasteiger partial charge >= 0.3 is 12.0 Å². The van der Waals surface area contributed by atoms with Crippen LogP contribution in [-0.2, 0) is 9.53 Å². The standard InChI is InChI=1S/C23H24F2N4O3S/c1-4-29-13(3)19(21(30)32-5-2)20(28-23(29)33)14-7-6-8-15(11-14)26-22(31)27-16-9-10-17(24)18(25)12-16/h6-12,20H,4-5H2,1-3H3,(H,28,33)(H2,26,27,31). The number of benzene rings is 2. The first-order chi connectivity index (χ1) is 15.7. The fourth-order valence-corrected chi connectivity index (χ4v) is 3.93. The van der Waals surface area contributed by atoms with Gasteiger partial charge in [-0.1, -0.05) is 12.1 Å². The number of rotatable bonds is 6. The molecule has 0 radical (unpaired) electrons. The SMILES string of the molecule is CCOC(=O)C1=C(C)N(CC)C(=S)NC1c1cccc(NC(=O)Nc2ccc(F)c(F)c2)c1. The number of nitrogens with one attached hydrogen (secondary N) is 3. The van der Waals surface area contributed by atoms with Crippen molar-refractivity contribution in [1.82, 2.24) is 10.2 Å². The van der Waals surface area contributed by atoms with E-state index in [0.29, 0.717) is 34.2 Å². The first kappa shape index (κ1) is 24.1. The Morgan fingerprint density at radius 2 is 1.79 bits per heavy atom. The van der Waals surface area contributed by atoms with E-state index in [1.54, 1.807) is 31.2 Å². The molecule has 10 heteroatoms. The minimum Gasteiger partial charge on any atom is -0.463 e. The van der Waals surface area contributed by atoms with Crippen LogP contribution in [0, 0.1) is 11.6 Å². The van der Waals surface area contributed by atoms with E-state index >= 15 is 0 Å². The molecule has 0 aromatic heterocycles. The minimum atomic E-state index is -1.07. The van der Waals surface area contributed by atoms with Gasteiger partial charge in [-0.3, -0.25) is 0 Å². The highest BCUT2D eigenvalue weighted by molar-refractivity contribution is 7.80. The van der Waals surface area contributed by atoms with Crippen molar-refractivity contribution in [2.75, 3.05) is 23.8 Å². The molecule has 33 heavy (non-hydrogen) atoms. The lowest BCUT2D eigenvalue weighted by atomic mass is 9.94. The zero-order chi connectivity index (χ0) is 24.1. The normalized spacial score (nSPS) is 15.7. The summed E-state index contributed by atoms with van der Waals surface area (Å²) < 4.78 is 31.7. The van der Waals surface area contributed by atoms with Crippen LogP contribution in [0.5, 0.6) is 0 Å². The predicted octanol–water partition coefficient (Wildman–Crippen LogP) is 4.70. The highest BCUT2D eigenvalue weighted by Crippen LogP contribution is 2.32. The van der Waals surface area contributed by atoms with Crippen LogP contribution in [0.4, 0.5) is 25.0 Å². The van der Waals surface area contributed by atoms with Crippen LogP contribution in [0.3, 0.4) is 0 Å². The van der Waals surface area contributed by atoms with Crippen LogP contribution < -0.4 is 16.0 Å². The smallest absolute Gasteiger partial charge is 0.338 e. The number of amides is 2. The molecule has 0 saturated heterocycles. The Bertz CT molecular complexity index is 1120. The molecule has 1 aliphatic rings. The van der Waals surface area contributed by atoms with Crippen molar-refractivity contribution in [2.24, 2.45) is 0 Å². The van der Waals surface area contributed by atoms with E-state index in [0.717, 1.165) is 12.1 Å². The van der Waals surface area contributed by atoms with Crippen molar-refractivity contribution in [3.63, 3.8) is 0 Å². The molecule has 0 bridgehead atoms. The number of ether oxygens (including phenoxy) is 1. The van der Waals surface area contributed by atoms with Crippen molar-refractivity contribution < 1.29 is 23.1 Å². The van der Waals surface area contributed by atoms with Crippen LogP contribution >= 0.6 is 12.2 Å². The maximum absolute atomic E-state index is 13.4. The third-order valence-electron chi connectivity index (χ3n) is 5.06. The molecule has 0 saturated carbocycles. The van der Waals surface area contributed by atoms with Gasteiger partial charge in [0.15, 0.2) is 16.7 Å². The van der Waals surface area contributed by atoms with Gasteiger partial charge < -0.3 is 25.6 Å². The molecule has 174 valence electrons. The predicted molar refractivity (Wildman–Crippen MR) is 126 cm³/mol. The summed E-state index contributed by atoms with van der Waals surface area (Å²) in [5.74, 6) is -2.53. The van der Waals surface area contributed by atoms with Crippen molar-refractivity contribution in [3.05, 3.63) is 70.9 Å². The van der Waals surface area contributed by atoms with Crippen LogP contribution in [0.15, 0.2) is 53.7 Å². The minimum absolute atomic E-state index is 0.102. The molecule has 1 heterocycles. The van der Waals surface area contributed by atoms with E-state index in [-0.39, 0.29) is 12.3 Å². The maximum atomic E-state index is 13.4. The Morgan fingerprint density at radius 1 is 1.09 bits per heavy atom. The Labute approximate surface area is 195 Å². The third-order valence-corrected chi connectivity index (χ3v) is 5.40. The van der Waals surface area contributed by atoms with Gasteiger partial charge in [0, 0.05) is 29.7 Å². The van der Waals surface area contributed by atoms with E-state index in [1.165, 1.54) is 6.07 Å². The van der Waals surface area contributed by atoms with Crippen molar-refractivity contribution in [3.8, 4) is 0 Å². The molecular weight excluding hydrogens is 450 g/mol. The average Bonchev–Trinajstić information content (AvgIpc) is 2.76. The van der Waals surface area contributed by atoms with E-state index in [1.807, 2.05) is 18.7 Å². The number of hydrogen-bond acceptors (Lipinski definition) is 4. The topological polar surface area (TPSA) is 82.7 Å². The fourth-order valence-electron chi connectivity index (χ4n) is 3.55. The number of allylic oxidation sites excluding steroid dienone is 1. The Balaban J connectivity index is 1.85. The van der Waals surface area contributed by atoms with E-state index in [2.05, 4.69) is 16.0 Å². The summed E-state index contributed by atoms with van der Waals surface area (Å²) in [6.07, 6.45) is 0. The molecule has 2 amide bonds. The Morgan fingerprint density at radius 3 is 2.42 bits per heavy atom. The fraction of sp³-hybridized carbons (Fsp3) is 0.261. The first-order valence-electron chi connectivity index (χ1n) is 10.3. The highest BCUT2D eigenvalue weighted by atomic mass is 32.1. The summed E-state index contributed by atoms with van der Waals surface area (Å²) in [6.45, 7) is 6.28. The van der Waals surface area contributed by atoms with Gasteiger partial charge in [-0.15, -0.1) is 0 Å². The molecular formula is C23H24F2N4O3S. The molecule has 3 rings (SSSR count). The molecule has 0 fully saturated rings. The second kappa shape index (κ2) is 10.4. The number of hydrogen-bond donors (Lipinski definition) is 3. The van der Waals surface area contributed by atoms with Crippen LogP contribution in [-0.4, -0.2) is 35.2 Å². The van der Waals surface area contributed by atoms with Gasteiger partial charge in [0.2, 0.25) is 0 Å². The molecule has 2 aromatic carbocycles. The summed E-state index contributed by atoms with van der Waals surface area (Å²) in [5, 5.41) is 8.74. The average molecular weight is 475 g/mol. The van der Waals surface area contributed by atoms with Gasteiger partial charge in [-0.05, 0) is 62.8 Å². The summed E-state index contributed by atoms with van der Waals surface area (Å²) in [5.41, 5.74) is 2.33. The van der Waals surface area contributed by atoms with Crippen LogP contribution in [0.2, 0.25) is 0 Å². The Hall–Kier alpha value is -3.53. The number of nitrogens with zero attached hydrogens (tertiary/aromatic N) is 1. The van der Waals surface area contributed by atoms with Gasteiger partial charge in [0.25, 0.3) is 0 Å². The Kier molecular flexibility index (Phi) is 7.59. The quantitative estimate of drug-likeness (QED) is 0.416. The molecule has 1 atom stereocenters. The van der Waals surface area contributed by atoms with E-state index in [4.69, 9.17) is 17.0 Å². The second-order valence-corrected chi connectivity index (χ2v) is 7.57. The van der Waals surface area contributed by atoms with Crippen LogP contribution in [0.25, 0.3) is 0 Å². The van der Waals surface area contributed by atoms with Gasteiger partial charge in [-0.25, -0.2) is 18.4 Å². The van der Waals surface area contributed by atoms with Crippen molar-refractivity contribution in [1.29, 1.82) is 0 Å². The van der Waals surface area contributed by atoms with Gasteiger partial charge in [0.05, 0.1) is 18.2 Å². The summed E-state index contributed by atoms with van der Waals surface area (Å²) in [6, 6.07) is 8.72. The second-order valence-electron chi connectivity index (χ2n) is 7.18.